The first-order valence-electron chi connectivity index (χ1n) is 5.83. The molecule has 2 heteroatoms. The standard InChI is InChI=1S/C12H23NO/c1-10-6-7-11(2)13(9-10)8-4-5-12(3)14/h10-11H,4-9H2,1-3H3. The second-order valence-electron chi connectivity index (χ2n) is 4.83. The molecule has 0 aliphatic carbocycles. The van der Waals surface area contributed by atoms with Crippen molar-refractivity contribution < 1.29 is 4.79 Å². The Bertz CT molecular complexity index is 191. The van der Waals surface area contributed by atoms with E-state index in [9.17, 15) is 4.79 Å². The number of ketones is 1. The minimum absolute atomic E-state index is 0.322. The highest BCUT2D eigenvalue weighted by Gasteiger charge is 2.21. The van der Waals surface area contributed by atoms with E-state index in [1.54, 1.807) is 6.92 Å². The molecule has 0 bridgehead atoms. The maximum Gasteiger partial charge on any atom is 0.129 e. The second kappa shape index (κ2) is 5.50. The molecule has 1 saturated heterocycles. The van der Waals surface area contributed by atoms with E-state index in [1.165, 1.54) is 19.4 Å². The number of hydrogen-bond donors (Lipinski definition) is 0. The molecule has 0 saturated carbocycles. The molecule has 0 radical (unpaired) electrons. The number of carbonyl (C=O) groups is 1. The number of carbonyl (C=O) groups excluding carboxylic acids is 1. The zero-order valence-corrected chi connectivity index (χ0v) is 9.75. The minimum atomic E-state index is 0.322. The molecule has 2 nitrogen and oxygen atoms in total. The van der Waals surface area contributed by atoms with Crippen LogP contribution in [0, 0.1) is 5.92 Å². The van der Waals surface area contributed by atoms with Gasteiger partial charge in [0, 0.05) is 19.0 Å². The Labute approximate surface area is 87.7 Å². The average molecular weight is 197 g/mol. The quantitative estimate of drug-likeness (QED) is 0.690. The summed E-state index contributed by atoms with van der Waals surface area (Å²) in [5.74, 6) is 1.16. The van der Waals surface area contributed by atoms with E-state index in [-0.39, 0.29) is 0 Å². The molecule has 0 aromatic heterocycles. The summed E-state index contributed by atoms with van der Waals surface area (Å²) in [7, 11) is 0. The Morgan fingerprint density at radius 3 is 2.71 bits per heavy atom. The van der Waals surface area contributed by atoms with Crippen LogP contribution >= 0.6 is 0 Å². The summed E-state index contributed by atoms with van der Waals surface area (Å²) >= 11 is 0. The van der Waals surface area contributed by atoms with Crippen molar-refractivity contribution in [2.45, 2.75) is 52.5 Å². The number of hydrogen-bond acceptors (Lipinski definition) is 2. The zero-order chi connectivity index (χ0) is 10.6. The van der Waals surface area contributed by atoms with Gasteiger partial charge in [-0.3, -0.25) is 0 Å². The van der Waals surface area contributed by atoms with E-state index in [1.807, 2.05) is 0 Å². The van der Waals surface area contributed by atoms with Crippen LogP contribution < -0.4 is 0 Å². The van der Waals surface area contributed by atoms with E-state index in [4.69, 9.17) is 0 Å². The summed E-state index contributed by atoms with van der Waals surface area (Å²) in [6, 6.07) is 0.721. The number of nitrogens with zero attached hydrogens (tertiary/aromatic N) is 1. The Hall–Kier alpha value is -0.370. The van der Waals surface area contributed by atoms with Crippen LogP contribution in [0.1, 0.15) is 46.5 Å². The summed E-state index contributed by atoms with van der Waals surface area (Å²) in [6.45, 7) is 8.63. The zero-order valence-electron chi connectivity index (χ0n) is 9.75. The summed E-state index contributed by atoms with van der Waals surface area (Å²) in [6.07, 6.45) is 4.47. The summed E-state index contributed by atoms with van der Waals surface area (Å²) in [5.41, 5.74) is 0. The van der Waals surface area contributed by atoms with Crippen LogP contribution in [0.4, 0.5) is 0 Å². The molecule has 1 aliphatic rings. The van der Waals surface area contributed by atoms with Crippen molar-refractivity contribution in [1.82, 2.24) is 4.90 Å². The second-order valence-corrected chi connectivity index (χ2v) is 4.83. The van der Waals surface area contributed by atoms with Crippen molar-refractivity contribution in [1.29, 1.82) is 0 Å². The highest BCUT2D eigenvalue weighted by Crippen LogP contribution is 2.21. The van der Waals surface area contributed by atoms with Crippen molar-refractivity contribution in [3.05, 3.63) is 0 Å². The number of likely N-dealkylation sites (tertiary alicyclic amines) is 1. The van der Waals surface area contributed by atoms with E-state index in [2.05, 4.69) is 18.7 Å². The van der Waals surface area contributed by atoms with Gasteiger partial charge in [0.25, 0.3) is 0 Å². The van der Waals surface area contributed by atoms with Gasteiger partial charge in [-0.05, 0) is 45.6 Å². The molecule has 1 fully saturated rings. The van der Waals surface area contributed by atoms with Crippen molar-refractivity contribution in [3.63, 3.8) is 0 Å². The fourth-order valence-corrected chi connectivity index (χ4v) is 2.22. The third-order valence-corrected chi connectivity index (χ3v) is 3.22. The molecular formula is C12H23NO. The largest absolute Gasteiger partial charge is 0.300 e. The van der Waals surface area contributed by atoms with Gasteiger partial charge in [-0.25, -0.2) is 0 Å². The van der Waals surface area contributed by atoms with E-state index in [0.717, 1.165) is 31.3 Å². The van der Waals surface area contributed by atoms with Crippen LogP contribution in [0.25, 0.3) is 0 Å². The molecule has 82 valence electrons. The number of rotatable bonds is 4. The van der Waals surface area contributed by atoms with Crippen molar-refractivity contribution >= 4 is 5.78 Å². The first kappa shape index (κ1) is 11.7. The average Bonchev–Trinajstić information content (AvgIpc) is 2.10. The smallest absolute Gasteiger partial charge is 0.129 e. The highest BCUT2D eigenvalue weighted by molar-refractivity contribution is 5.75. The van der Waals surface area contributed by atoms with Crippen molar-refractivity contribution in [2.24, 2.45) is 5.92 Å². The maximum absolute atomic E-state index is 10.8. The molecule has 0 aromatic rings. The monoisotopic (exact) mass is 197 g/mol. The Morgan fingerprint density at radius 1 is 1.36 bits per heavy atom. The molecular weight excluding hydrogens is 174 g/mol. The van der Waals surface area contributed by atoms with E-state index in [0.29, 0.717) is 5.78 Å². The molecule has 0 aromatic carbocycles. The molecule has 1 heterocycles. The lowest BCUT2D eigenvalue weighted by molar-refractivity contribution is -0.117. The Morgan fingerprint density at radius 2 is 2.07 bits per heavy atom. The third-order valence-electron chi connectivity index (χ3n) is 3.22. The van der Waals surface area contributed by atoms with Crippen molar-refractivity contribution in [2.75, 3.05) is 13.1 Å². The predicted octanol–water partition coefficient (Wildman–Crippen LogP) is 2.48. The normalized spacial score (nSPS) is 29.1. The minimum Gasteiger partial charge on any atom is -0.300 e. The van der Waals surface area contributed by atoms with Gasteiger partial charge in [-0.1, -0.05) is 6.92 Å². The maximum atomic E-state index is 10.8. The first-order chi connectivity index (χ1) is 6.59. The molecule has 14 heavy (non-hydrogen) atoms. The summed E-state index contributed by atoms with van der Waals surface area (Å²) < 4.78 is 0. The van der Waals surface area contributed by atoms with Gasteiger partial charge in [0.05, 0.1) is 0 Å². The van der Waals surface area contributed by atoms with Gasteiger partial charge < -0.3 is 9.69 Å². The lowest BCUT2D eigenvalue weighted by Gasteiger charge is -2.36. The number of piperidine rings is 1. The summed E-state index contributed by atoms with van der Waals surface area (Å²) in [5, 5.41) is 0. The van der Waals surface area contributed by atoms with Crippen molar-refractivity contribution in [3.8, 4) is 0 Å². The van der Waals surface area contributed by atoms with Crippen LogP contribution in [0.15, 0.2) is 0 Å². The fraction of sp³-hybridized carbons (Fsp3) is 0.917. The van der Waals surface area contributed by atoms with Crippen LogP contribution in [0.3, 0.4) is 0 Å². The predicted molar refractivity (Wildman–Crippen MR) is 59.3 cm³/mol. The summed E-state index contributed by atoms with van der Waals surface area (Å²) in [4.78, 5) is 13.4. The first-order valence-corrected chi connectivity index (χ1v) is 5.83. The van der Waals surface area contributed by atoms with E-state index >= 15 is 0 Å². The molecule has 0 spiro atoms. The number of Topliss-reactive ketones (excluding diaryl/α,β-unsaturated/α-hetero) is 1. The molecule has 0 amide bonds. The van der Waals surface area contributed by atoms with Crippen LogP contribution in [-0.4, -0.2) is 29.8 Å². The fourth-order valence-electron chi connectivity index (χ4n) is 2.22. The molecule has 2 unspecified atom stereocenters. The lowest BCUT2D eigenvalue weighted by Crippen LogP contribution is -2.41. The Kier molecular flexibility index (Phi) is 4.59. The topological polar surface area (TPSA) is 20.3 Å². The molecule has 0 N–H and O–H groups in total. The van der Waals surface area contributed by atoms with Gasteiger partial charge in [-0.15, -0.1) is 0 Å². The van der Waals surface area contributed by atoms with Gasteiger partial charge >= 0.3 is 0 Å². The SMILES string of the molecule is CC(=O)CCCN1CC(C)CCC1C. The van der Waals surface area contributed by atoms with Gasteiger partial charge in [-0.2, -0.15) is 0 Å². The highest BCUT2D eigenvalue weighted by atomic mass is 16.1. The van der Waals surface area contributed by atoms with E-state index < -0.39 is 0 Å². The van der Waals surface area contributed by atoms with Gasteiger partial charge in [0.1, 0.15) is 5.78 Å². The van der Waals surface area contributed by atoms with Crippen LogP contribution in [-0.2, 0) is 4.79 Å². The molecule has 1 aliphatic heterocycles. The van der Waals surface area contributed by atoms with Gasteiger partial charge in [0.2, 0.25) is 0 Å². The third kappa shape index (κ3) is 3.79. The Balaban J connectivity index is 2.24. The molecule has 2 atom stereocenters. The van der Waals surface area contributed by atoms with Crippen LogP contribution in [0.5, 0.6) is 0 Å². The lowest BCUT2D eigenvalue weighted by atomic mass is 9.95. The molecule has 1 rings (SSSR count). The van der Waals surface area contributed by atoms with Gasteiger partial charge in [0.15, 0.2) is 0 Å². The van der Waals surface area contributed by atoms with Crippen LogP contribution in [0.2, 0.25) is 0 Å².